The van der Waals surface area contributed by atoms with Gasteiger partial charge in [-0.15, -0.1) is 0 Å². The van der Waals surface area contributed by atoms with Crippen molar-refractivity contribution in [2.75, 3.05) is 13.2 Å². The predicted octanol–water partition coefficient (Wildman–Crippen LogP) is 2.89. The zero-order valence-corrected chi connectivity index (χ0v) is 12.1. The first-order valence-electron chi connectivity index (χ1n) is 6.86. The number of rotatable bonds is 6. The first-order valence-corrected chi connectivity index (χ1v) is 6.86. The molecule has 0 aliphatic heterocycles. The Morgan fingerprint density at radius 2 is 2.20 bits per heavy atom. The molecule has 5 nitrogen and oxygen atoms in total. The number of carboxylic acid groups (broad SMARTS) is 1. The summed E-state index contributed by atoms with van der Waals surface area (Å²) in [5.74, 6) is 0.180. The summed E-state index contributed by atoms with van der Waals surface area (Å²) in [6.45, 7) is 8.01. The van der Waals surface area contributed by atoms with Crippen molar-refractivity contribution in [2.24, 2.45) is 0 Å². The summed E-state index contributed by atoms with van der Waals surface area (Å²) < 4.78 is 7.46. The van der Waals surface area contributed by atoms with E-state index in [1.807, 2.05) is 13.0 Å². The first-order chi connectivity index (χ1) is 9.56. The summed E-state index contributed by atoms with van der Waals surface area (Å²) in [6.07, 6.45) is 0. The Balaban J connectivity index is 2.55. The molecule has 0 aliphatic carbocycles. The van der Waals surface area contributed by atoms with Gasteiger partial charge in [0, 0.05) is 19.1 Å². The second-order valence-electron chi connectivity index (χ2n) is 4.95. The standard InChI is InChI=1S/C15H20N2O3/c1-4-20-9-8-17-12-7-5-6-11(15(18)19)13(12)16-14(17)10(2)3/h5-7,10H,4,8-9H2,1-3H3,(H,18,19). The molecule has 0 bridgehead atoms. The van der Waals surface area contributed by atoms with Crippen LogP contribution in [0.1, 0.15) is 42.9 Å². The van der Waals surface area contributed by atoms with Gasteiger partial charge >= 0.3 is 5.97 Å². The molecule has 1 aromatic heterocycles. The minimum atomic E-state index is -0.944. The molecule has 1 N–H and O–H groups in total. The van der Waals surface area contributed by atoms with Crippen LogP contribution in [0, 0.1) is 0 Å². The molecule has 20 heavy (non-hydrogen) atoms. The second kappa shape index (κ2) is 6.05. The summed E-state index contributed by atoms with van der Waals surface area (Å²) in [7, 11) is 0. The van der Waals surface area contributed by atoms with E-state index in [0.717, 1.165) is 11.3 Å². The van der Waals surface area contributed by atoms with Crippen LogP contribution < -0.4 is 0 Å². The van der Waals surface area contributed by atoms with E-state index < -0.39 is 5.97 Å². The van der Waals surface area contributed by atoms with Crippen molar-refractivity contribution < 1.29 is 14.6 Å². The molecule has 0 amide bonds. The Morgan fingerprint density at radius 3 is 2.80 bits per heavy atom. The molecule has 108 valence electrons. The number of ether oxygens (including phenoxy) is 1. The molecule has 0 atom stereocenters. The van der Waals surface area contributed by atoms with Gasteiger partial charge in [0.15, 0.2) is 0 Å². The molecule has 0 spiro atoms. The molecule has 0 fully saturated rings. The molecule has 0 aliphatic rings. The van der Waals surface area contributed by atoms with E-state index >= 15 is 0 Å². The van der Waals surface area contributed by atoms with Crippen molar-refractivity contribution in [2.45, 2.75) is 33.2 Å². The van der Waals surface area contributed by atoms with Crippen LogP contribution in [-0.2, 0) is 11.3 Å². The smallest absolute Gasteiger partial charge is 0.337 e. The predicted molar refractivity (Wildman–Crippen MR) is 77.3 cm³/mol. The van der Waals surface area contributed by atoms with E-state index in [4.69, 9.17) is 4.74 Å². The zero-order chi connectivity index (χ0) is 14.7. The summed E-state index contributed by atoms with van der Waals surface area (Å²) >= 11 is 0. The molecule has 2 aromatic rings. The van der Waals surface area contributed by atoms with E-state index in [2.05, 4.69) is 23.4 Å². The van der Waals surface area contributed by atoms with Gasteiger partial charge in [-0.25, -0.2) is 9.78 Å². The van der Waals surface area contributed by atoms with Crippen molar-refractivity contribution in [1.29, 1.82) is 0 Å². The highest BCUT2D eigenvalue weighted by molar-refractivity contribution is 6.01. The third kappa shape index (κ3) is 2.67. The number of imidazole rings is 1. The lowest BCUT2D eigenvalue weighted by atomic mass is 10.2. The van der Waals surface area contributed by atoms with Gasteiger partial charge in [0.05, 0.1) is 17.7 Å². The summed E-state index contributed by atoms with van der Waals surface area (Å²) in [6, 6.07) is 5.26. The van der Waals surface area contributed by atoms with Gasteiger partial charge in [-0.3, -0.25) is 0 Å². The van der Waals surface area contributed by atoms with Gasteiger partial charge in [0.1, 0.15) is 11.3 Å². The van der Waals surface area contributed by atoms with Gasteiger partial charge in [0.2, 0.25) is 0 Å². The van der Waals surface area contributed by atoms with E-state index in [0.29, 0.717) is 25.3 Å². The number of para-hydroxylation sites is 1. The highest BCUT2D eigenvalue weighted by Gasteiger charge is 2.18. The molecule has 5 heteroatoms. The van der Waals surface area contributed by atoms with Crippen LogP contribution in [0.4, 0.5) is 0 Å². The molecule has 0 unspecified atom stereocenters. The lowest BCUT2D eigenvalue weighted by Crippen LogP contribution is -2.10. The second-order valence-corrected chi connectivity index (χ2v) is 4.95. The topological polar surface area (TPSA) is 64.4 Å². The van der Waals surface area contributed by atoms with Crippen LogP contribution in [0.15, 0.2) is 18.2 Å². The number of aromatic carboxylic acids is 1. The lowest BCUT2D eigenvalue weighted by molar-refractivity contribution is 0.0699. The van der Waals surface area contributed by atoms with Gasteiger partial charge in [0.25, 0.3) is 0 Å². The number of nitrogens with zero attached hydrogens (tertiary/aromatic N) is 2. The van der Waals surface area contributed by atoms with Crippen LogP contribution in [0.2, 0.25) is 0 Å². The molecular formula is C15H20N2O3. The lowest BCUT2D eigenvalue weighted by Gasteiger charge is -2.11. The maximum atomic E-state index is 11.3. The third-order valence-corrected chi connectivity index (χ3v) is 3.22. The Hall–Kier alpha value is -1.88. The van der Waals surface area contributed by atoms with E-state index in [9.17, 15) is 9.90 Å². The Bertz CT molecular complexity index is 617. The normalized spacial score (nSPS) is 11.4. The number of aromatic nitrogens is 2. The van der Waals surface area contributed by atoms with Crippen molar-refractivity contribution in [3.8, 4) is 0 Å². The van der Waals surface area contributed by atoms with Crippen molar-refractivity contribution in [3.05, 3.63) is 29.6 Å². The fraction of sp³-hybridized carbons (Fsp3) is 0.467. The fourth-order valence-corrected chi connectivity index (χ4v) is 2.31. The monoisotopic (exact) mass is 276 g/mol. The SMILES string of the molecule is CCOCCn1c(C(C)C)nc2c(C(=O)O)cccc21. The number of hydrogen-bond donors (Lipinski definition) is 1. The Kier molecular flexibility index (Phi) is 4.39. The average Bonchev–Trinajstić information content (AvgIpc) is 2.78. The molecule has 1 heterocycles. The van der Waals surface area contributed by atoms with E-state index in [1.165, 1.54) is 0 Å². The molecular weight excluding hydrogens is 256 g/mol. The van der Waals surface area contributed by atoms with Crippen LogP contribution >= 0.6 is 0 Å². The largest absolute Gasteiger partial charge is 0.478 e. The quantitative estimate of drug-likeness (QED) is 0.824. The van der Waals surface area contributed by atoms with Crippen LogP contribution in [0.3, 0.4) is 0 Å². The number of hydrogen-bond acceptors (Lipinski definition) is 3. The highest BCUT2D eigenvalue weighted by atomic mass is 16.5. The number of carboxylic acids is 1. The summed E-state index contributed by atoms with van der Waals surface area (Å²) in [5.41, 5.74) is 1.66. The minimum absolute atomic E-state index is 0.227. The van der Waals surface area contributed by atoms with E-state index in [-0.39, 0.29) is 11.5 Å². The van der Waals surface area contributed by atoms with Gasteiger partial charge < -0.3 is 14.4 Å². The molecule has 0 saturated heterocycles. The van der Waals surface area contributed by atoms with Gasteiger partial charge in [-0.05, 0) is 19.1 Å². The van der Waals surface area contributed by atoms with Crippen LogP contribution in [0.25, 0.3) is 11.0 Å². The van der Waals surface area contributed by atoms with Crippen molar-refractivity contribution in [1.82, 2.24) is 9.55 Å². The first kappa shape index (κ1) is 14.5. The van der Waals surface area contributed by atoms with Crippen LogP contribution in [-0.4, -0.2) is 33.8 Å². The number of carbonyl (C=O) groups is 1. The minimum Gasteiger partial charge on any atom is -0.478 e. The fourth-order valence-electron chi connectivity index (χ4n) is 2.31. The number of benzene rings is 1. The summed E-state index contributed by atoms with van der Waals surface area (Å²) in [4.78, 5) is 15.8. The zero-order valence-electron chi connectivity index (χ0n) is 12.1. The molecule has 1 aromatic carbocycles. The third-order valence-electron chi connectivity index (χ3n) is 3.22. The van der Waals surface area contributed by atoms with Crippen molar-refractivity contribution in [3.63, 3.8) is 0 Å². The maximum absolute atomic E-state index is 11.3. The van der Waals surface area contributed by atoms with Crippen LogP contribution in [0.5, 0.6) is 0 Å². The molecule has 0 radical (unpaired) electrons. The maximum Gasteiger partial charge on any atom is 0.337 e. The molecule has 2 rings (SSSR count). The summed E-state index contributed by atoms with van der Waals surface area (Å²) in [5, 5.41) is 9.26. The Morgan fingerprint density at radius 1 is 1.45 bits per heavy atom. The van der Waals surface area contributed by atoms with Gasteiger partial charge in [-0.2, -0.15) is 0 Å². The Labute approximate surface area is 118 Å². The highest BCUT2D eigenvalue weighted by Crippen LogP contribution is 2.24. The number of fused-ring (bicyclic) bond motifs is 1. The van der Waals surface area contributed by atoms with Gasteiger partial charge in [-0.1, -0.05) is 19.9 Å². The van der Waals surface area contributed by atoms with Crippen molar-refractivity contribution >= 4 is 17.0 Å². The molecule has 0 saturated carbocycles. The average molecular weight is 276 g/mol. The van der Waals surface area contributed by atoms with E-state index in [1.54, 1.807) is 12.1 Å².